The van der Waals surface area contributed by atoms with Crippen LogP contribution < -0.4 is 14.8 Å². The third kappa shape index (κ3) is 4.38. The van der Waals surface area contributed by atoms with Gasteiger partial charge in [-0.2, -0.15) is 0 Å². The number of piperidine rings is 1. The summed E-state index contributed by atoms with van der Waals surface area (Å²) in [5.74, 6) is 0.602. The Balaban J connectivity index is 1.66. The molecule has 1 aliphatic rings. The molecule has 1 heterocycles. The van der Waals surface area contributed by atoms with E-state index in [1.807, 2.05) is 18.2 Å². The molecule has 1 saturated heterocycles. The molecule has 0 aliphatic carbocycles. The van der Waals surface area contributed by atoms with Crippen molar-refractivity contribution in [1.29, 1.82) is 0 Å². The number of phenolic OH excluding ortho intramolecular Hbond substituents is 1. The molecule has 1 fully saturated rings. The first-order valence-electron chi connectivity index (χ1n) is 8.77. The standard InChI is InChI=1S/C20H25FN2O3/c1-25-18-9-14(10-19(26-2)20(18)24)12-23-8-4-7-17(13-23)22-16-6-3-5-15(21)11-16/h3,5-6,9-11,17,22,24H,4,7-8,12-13H2,1-2H3/t17-/m1/s1. The van der Waals surface area contributed by atoms with Gasteiger partial charge in [0.1, 0.15) is 5.82 Å². The molecule has 0 radical (unpaired) electrons. The highest BCUT2D eigenvalue weighted by Crippen LogP contribution is 2.37. The minimum Gasteiger partial charge on any atom is -0.502 e. The molecular formula is C20H25FN2O3. The summed E-state index contributed by atoms with van der Waals surface area (Å²) < 4.78 is 23.8. The van der Waals surface area contributed by atoms with E-state index >= 15 is 0 Å². The van der Waals surface area contributed by atoms with Gasteiger partial charge < -0.3 is 19.9 Å². The Bertz CT molecular complexity index is 729. The summed E-state index contributed by atoms with van der Waals surface area (Å²) in [5.41, 5.74) is 1.83. The van der Waals surface area contributed by atoms with Crippen LogP contribution in [0.3, 0.4) is 0 Å². The van der Waals surface area contributed by atoms with Gasteiger partial charge in [-0.05, 0) is 55.3 Å². The molecular weight excluding hydrogens is 335 g/mol. The number of halogens is 1. The maximum atomic E-state index is 13.4. The molecule has 3 rings (SSSR count). The van der Waals surface area contributed by atoms with E-state index < -0.39 is 0 Å². The summed E-state index contributed by atoms with van der Waals surface area (Å²) >= 11 is 0. The number of phenols is 1. The van der Waals surface area contributed by atoms with Crippen molar-refractivity contribution in [3.63, 3.8) is 0 Å². The van der Waals surface area contributed by atoms with Gasteiger partial charge in [-0.1, -0.05) is 6.07 Å². The van der Waals surface area contributed by atoms with Crippen LogP contribution in [-0.2, 0) is 6.54 Å². The Kier molecular flexibility index (Phi) is 5.83. The molecule has 1 aliphatic heterocycles. The number of hydrogen-bond acceptors (Lipinski definition) is 5. The van der Waals surface area contributed by atoms with Crippen LogP contribution in [0.4, 0.5) is 10.1 Å². The van der Waals surface area contributed by atoms with Gasteiger partial charge >= 0.3 is 0 Å². The van der Waals surface area contributed by atoms with E-state index in [0.717, 1.165) is 43.7 Å². The highest BCUT2D eigenvalue weighted by Gasteiger charge is 2.21. The summed E-state index contributed by atoms with van der Waals surface area (Å²) in [6.07, 6.45) is 2.12. The molecule has 2 N–H and O–H groups in total. The minimum atomic E-state index is -0.231. The third-order valence-corrected chi connectivity index (χ3v) is 4.65. The zero-order valence-corrected chi connectivity index (χ0v) is 15.2. The number of benzene rings is 2. The van der Waals surface area contributed by atoms with Crippen molar-refractivity contribution in [3.8, 4) is 17.2 Å². The zero-order chi connectivity index (χ0) is 18.5. The van der Waals surface area contributed by atoms with E-state index in [4.69, 9.17) is 9.47 Å². The Morgan fingerprint density at radius 3 is 2.58 bits per heavy atom. The van der Waals surface area contributed by atoms with Crippen LogP contribution >= 0.6 is 0 Å². The lowest BCUT2D eigenvalue weighted by atomic mass is 10.0. The molecule has 0 aromatic heterocycles. The number of nitrogens with zero attached hydrogens (tertiary/aromatic N) is 1. The summed E-state index contributed by atoms with van der Waals surface area (Å²) in [5, 5.41) is 13.5. The topological polar surface area (TPSA) is 54.0 Å². The average molecular weight is 360 g/mol. The second-order valence-electron chi connectivity index (χ2n) is 6.58. The lowest BCUT2D eigenvalue weighted by Gasteiger charge is -2.33. The fourth-order valence-electron chi connectivity index (χ4n) is 3.43. The van der Waals surface area contributed by atoms with E-state index in [1.54, 1.807) is 6.07 Å². The van der Waals surface area contributed by atoms with E-state index in [0.29, 0.717) is 11.5 Å². The van der Waals surface area contributed by atoms with E-state index in [2.05, 4.69) is 10.2 Å². The first kappa shape index (κ1) is 18.3. The summed E-state index contributed by atoms with van der Waals surface area (Å²) in [7, 11) is 3.05. The second-order valence-corrected chi connectivity index (χ2v) is 6.58. The molecule has 0 saturated carbocycles. The van der Waals surface area contributed by atoms with Crippen LogP contribution in [0, 0.1) is 5.82 Å². The van der Waals surface area contributed by atoms with Crippen molar-refractivity contribution in [1.82, 2.24) is 4.90 Å². The molecule has 0 bridgehead atoms. The summed E-state index contributed by atoms with van der Waals surface area (Å²) in [6.45, 7) is 2.59. The number of methoxy groups -OCH3 is 2. The monoisotopic (exact) mass is 360 g/mol. The smallest absolute Gasteiger partial charge is 0.200 e. The van der Waals surface area contributed by atoms with Gasteiger partial charge in [0.2, 0.25) is 5.75 Å². The van der Waals surface area contributed by atoms with Gasteiger partial charge in [0.25, 0.3) is 0 Å². The predicted octanol–water partition coefficient (Wildman–Crippen LogP) is 3.63. The SMILES string of the molecule is COc1cc(CN2CCC[C@@H](Nc3cccc(F)c3)C2)cc(OC)c1O. The number of aromatic hydroxyl groups is 1. The fourth-order valence-corrected chi connectivity index (χ4v) is 3.43. The van der Waals surface area contributed by atoms with Crippen LogP contribution in [0.5, 0.6) is 17.2 Å². The first-order valence-corrected chi connectivity index (χ1v) is 8.77. The van der Waals surface area contributed by atoms with Crippen molar-refractivity contribution >= 4 is 5.69 Å². The number of rotatable bonds is 6. The van der Waals surface area contributed by atoms with Gasteiger partial charge in [0, 0.05) is 24.8 Å². The first-order chi connectivity index (χ1) is 12.6. The molecule has 0 unspecified atom stereocenters. The molecule has 2 aromatic carbocycles. The van der Waals surface area contributed by atoms with Crippen LogP contribution in [0.2, 0.25) is 0 Å². The predicted molar refractivity (Wildman–Crippen MR) is 99.5 cm³/mol. The van der Waals surface area contributed by atoms with Crippen molar-refractivity contribution < 1.29 is 19.0 Å². The Hall–Kier alpha value is -2.47. The maximum absolute atomic E-state index is 13.4. The fraction of sp³-hybridized carbons (Fsp3) is 0.400. The van der Waals surface area contributed by atoms with Crippen molar-refractivity contribution in [3.05, 3.63) is 47.8 Å². The average Bonchev–Trinajstić information content (AvgIpc) is 2.63. The minimum absolute atomic E-state index is 0.0167. The maximum Gasteiger partial charge on any atom is 0.200 e. The number of hydrogen-bond donors (Lipinski definition) is 2. The van der Waals surface area contributed by atoms with Gasteiger partial charge in [0.05, 0.1) is 14.2 Å². The van der Waals surface area contributed by atoms with Gasteiger partial charge in [-0.15, -0.1) is 0 Å². The molecule has 26 heavy (non-hydrogen) atoms. The van der Waals surface area contributed by atoms with Crippen LogP contribution in [-0.4, -0.2) is 43.4 Å². The second kappa shape index (κ2) is 8.27. The quantitative estimate of drug-likeness (QED) is 0.824. The van der Waals surface area contributed by atoms with E-state index in [9.17, 15) is 9.50 Å². The van der Waals surface area contributed by atoms with Crippen molar-refractivity contribution in [2.75, 3.05) is 32.6 Å². The van der Waals surface area contributed by atoms with Crippen LogP contribution in [0.15, 0.2) is 36.4 Å². The Labute approximate surface area is 153 Å². The molecule has 2 aromatic rings. The molecule has 5 nitrogen and oxygen atoms in total. The normalized spacial score (nSPS) is 17.7. The lowest BCUT2D eigenvalue weighted by Crippen LogP contribution is -2.41. The van der Waals surface area contributed by atoms with Gasteiger partial charge in [0.15, 0.2) is 11.5 Å². The molecule has 0 amide bonds. The van der Waals surface area contributed by atoms with Crippen LogP contribution in [0.25, 0.3) is 0 Å². The number of ether oxygens (including phenoxy) is 2. The summed E-state index contributed by atoms with van der Waals surface area (Å²) in [4.78, 5) is 2.34. The molecule has 140 valence electrons. The lowest BCUT2D eigenvalue weighted by molar-refractivity contribution is 0.208. The Morgan fingerprint density at radius 1 is 1.19 bits per heavy atom. The number of anilines is 1. The largest absolute Gasteiger partial charge is 0.502 e. The number of nitrogens with one attached hydrogen (secondary N) is 1. The van der Waals surface area contributed by atoms with Gasteiger partial charge in [-0.25, -0.2) is 4.39 Å². The van der Waals surface area contributed by atoms with Crippen molar-refractivity contribution in [2.24, 2.45) is 0 Å². The molecule has 0 spiro atoms. The van der Waals surface area contributed by atoms with Crippen LogP contribution in [0.1, 0.15) is 18.4 Å². The third-order valence-electron chi connectivity index (χ3n) is 4.65. The molecule has 6 heteroatoms. The van der Waals surface area contributed by atoms with E-state index in [1.165, 1.54) is 26.4 Å². The van der Waals surface area contributed by atoms with Gasteiger partial charge in [-0.3, -0.25) is 4.90 Å². The number of likely N-dealkylation sites (tertiary alicyclic amines) is 1. The Morgan fingerprint density at radius 2 is 1.92 bits per heavy atom. The van der Waals surface area contributed by atoms with E-state index in [-0.39, 0.29) is 17.6 Å². The highest BCUT2D eigenvalue weighted by atomic mass is 19.1. The van der Waals surface area contributed by atoms with Crippen molar-refractivity contribution in [2.45, 2.75) is 25.4 Å². The zero-order valence-electron chi connectivity index (χ0n) is 15.2. The summed E-state index contributed by atoms with van der Waals surface area (Å²) in [6, 6.07) is 10.5. The highest BCUT2D eigenvalue weighted by molar-refractivity contribution is 5.52. The molecule has 1 atom stereocenters.